The Hall–Kier alpha value is -0.870. The molecular weight excluding hydrogens is 224 g/mol. The average Bonchev–Trinajstić information content (AvgIpc) is 2.69. The van der Waals surface area contributed by atoms with E-state index in [1.807, 2.05) is 12.4 Å². The van der Waals surface area contributed by atoms with E-state index in [1.54, 1.807) is 0 Å². The summed E-state index contributed by atoms with van der Waals surface area (Å²) in [5.41, 5.74) is 0. The second kappa shape index (κ2) is 6.34. The molecule has 2 unspecified atom stereocenters. The van der Waals surface area contributed by atoms with Crippen molar-refractivity contribution >= 4 is 0 Å². The van der Waals surface area contributed by atoms with Crippen LogP contribution in [0.5, 0.6) is 0 Å². The maximum Gasteiger partial charge on any atom is 0.122 e. The summed E-state index contributed by atoms with van der Waals surface area (Å²) >= 11 is 0. The molecule has 1 aliphatic carbocycles. The van der Waals surface area contributed by atoms with Crippen molar-refractivity contribution in [3.05, 3.63) is 18.2 Å². The van der Waals surface area contributed by atoms with Gasteiger partial charge in [-0.3, -0.25) is 4.90 Å². The van der Waals surface area contributed by atoms with Gasteiger partial charge in [0.25, 0.3) is 0 Å². The maximum absolute atomic E-state index is 4.40. The van der Waals surface area contributed by atoms with Crippen molar-refractivity contribution in [1.29, 1.82) is 0 Å². The molecule has 0 saturated heterocycles. The Kier molecular flexibility index (Phi) is 4.78. The SMILES string of the molecule is CCCNCC1CCC1N(C)Cc1nccn1C. The van der Waals surface area contributed by atoms with Gasteiger partial charge in [0.1, 0.15) is 5.82 Å². The highest BCUT2D eigenvalue weighted by atomic mass is 15.2. The number of hydrogen-bond acceptors (Lipinski definition) is 3. The van der Waals surface area contributed by atoms with Gasteiger partial charge in [-0.05, 0) is 45.3 Å². The van der Waals surface area contributed by atoms with Crippen LogP contribution < -0.4 is 5.32 Å². The molecule has 1 aromatic rings. The van der Waals surface area contributed by atoms with Gasteiger partial charge in [0.2, 0.25) is 0 Å². The zero-order valence-corrected chi connectivity index (χ0v) is 11.9. The van der Waals surface area contributed by atoms with Gasteiger partial charge in [-0.25, -0.2) is 4.98 Å². The van der Waals surface area contributed by atoms with Gasteiger partial charge >= 0.3 is 0 Å². The van der Waals surface area contributed by atoms with E-state index in [0.717, 1.165) is 30.9 Å². The van der Waals surface area contributed by atoms with E-state index in [-0.39, 0.29) is 0 Å². The smallest absolute Gasteiger partial charge is 0.122 e. The van der Waals surface area contributed by atoms with Crippen LogP contribution in [0.25, 0.3) is 0 Å². The summed E-state index contributed by atoms with van der Waals surface area (Å²) in [5.74, 6) is 1.98. The molecule has 0 spiro atoms. The molecule has 1 saturated carbocycles. The fourth-order valence-corrected chi connectivity index (χ4v) is 2.72. The van der Waals surface area contributed by atoms with E-state index in [0.29, 0.717) is 0 Å². The van der Waals surface area contributed by atoms with E-state index in [2.05, 4.69) is 40.8 Å². The number of aromatic nitrogens is 2. The van der Waals surface area contributed by atoms with Gasteiger partial charge < -0.3 is 9.88 Å². The summed E-state index contributed by atoms with van der Waals surface area (Å²) in [5, 5.41) is 3.54. The minimum Gasteiger partial charge on any atom is -0.337 e. The van der Waals surface area contributed by atoms with Crippen LogP contribution in [0.3, 0.4) is 0 Å². The van der Waals surface area contributed by atoms with Crippen molar-refractivity contribution in [3.63, 3.8) is 0 Å². The molecule has 4 nitrogen and oxygen atoms in total. The van der Waals surface area contributed by atoms with Crippen LogP contribution in [-0.4, -0.2) is 40.6 Å². The molecule has 1 aromatic heterocycles. The number of rotatable bonds is 7. The zero-order chi connectivity index (χ0) is 13.0. The third-order valence-electron chi connectivity index (χ3n) is 4.09. The van der Waals surface area contributed by atoms with Crippen LogP contribution in [0.4, 0.5) is 0 Å². The zero-order valence-electron chi connectivity index (χ0n) is 11.9. The Morgan fingerprint density at radius 1 is 1.50 bits per heavy atom. The number of imidazole rings is 1. The molecule has 1 N–H and O–H groups in total. The van der Waals surface area contributed by atoms with Crippen LogP contribution in [0.1, 0.15) is 32.0 Å². The lowest BCUT2D eigenvalue weighted by atomic mass is 9.78. The molecule has 1 fully saturated rings. The van der Waals surface area contributed by atoms with Crippen molar-refractivity contribution in [3.8, 4) is 0 Å². The molecule has 0 radical (unpaired) electrons. The topological polar surface area (TPSA) is 33.1 Å². The second-order valence-electron chi connectivity index (χ2n) is 5.48. The van der Waals surface area contributed by atoms with Crippen molar-refractivity contribution in [2.75, 3.05) is 20.1 Å². The number of nitrogens with one attached hydrogen (secondary N) is 1. The van der Waals surface area contributed by atoms with Crippen molar-refractivity contribution in [1.82, 2.24) is 19.8 Å². The van der Waals surface area contributed by atoms with E-state index in [9.17, 15) is 0 Å². The van der Waals surface area contributed by atoms with Gasteiger partial charge in [0, 0.05) is 25.5 Å². The van der Waals surface area contributed by atoms with Gasteiger partial charge in [-0.1, -0.05) is 6.92 Å². The molecule has 102 valence electrons. The summed E-state index contributed by atoms with van der Waals surface area (Å²) in [7, 11) is 4.29. The highest BCUT2D eigenvalue weighted by Crippen LogP contribution is 2.31. The lowest BCUT2D eigenvalue weighted by molar-refractivity contribution is 0.0755. The van der Waals surface area contributed by atoms with Crippen molar-refractivity contribution in [2.24, 2.45) is 13.0 Å². The Bertz CT molecular complexity index is 360. The molecule has 18 heavy (non-hydrogen) atoms. The molecule has 0 aromatic carbocycles. The molecule has 2 atom stereocenters. The summed E-state index contributed by atoms with van der Waals surface area (Å²) in [4.78, 5) is 6.87. The highest BCUT2D eigenvalue weighted by Gasteiger charge is 2.33. The molecular formula is C14H26N4. The summed E-state index contributed by atoms with van der Waals surface area (Å²) in [6.45, 7) is 5.49. The summed E-state index contributed by atoms with van der Waals surface area (Å²) in [6.07, 6.45) is 7.82. The van der Waals surface area contributed by atoms with Crippen molar-refractivity contribution in [2.45, 2.75) is 38.8 Å². The standard InChI is InChI=1S/C14H26N4/c1-4-7-15-10-12-5-6-13(12)18(3)11-14-16-8-9-17(14)2/h8-9,12-13,15H,4-7,10-11H2,1-3H3. The minimum absolute atomic E-state index is 0.728. The van der Waals surface area contributed by atoms with Gasteiger partial charge in [0.05, 0.1) is 6.54 Å². The van der Waals surface area contributed by atoms with Crippen molar-refractivity contribution < 1.29 is 0 Å². The number of nitrogens with zero attached hydrogens (tertiary/aromatic N) is 3. The lowest BCUT2D eigenvalue weighted by Gasteiger charge is -2.42. The lowest BCUT2D eigenvalue weighted by Crippen LogP contribution is -2.48. The minimum atomic E-state index is 0.728. The molecule has 0 amide bonds. The van der Waals surface area contributed by atoms with E-state index in [1.165, 1.54) is 25.8 Å². The van der Waals surface area contributed by atoms with Crippen LogP contribution in [0, 0.1) is 5.92 Å². The van der Waals surface area contributed by atoms with Gasteiger partial charge in [-0.2, -0.15) is 0 Å². The summed E-state index contributed by atoms with van der Waals surface area (Å²) in [6, 6.07) is 0.728. The molecule has 4 heteroatoms. The highest BCUT2D eigenvalue weighted by molar-refractivity contribution is 4.95. The summed E-state index contributed by atoms with van der Waals surface area (Å²) < 4.78 is 2.11. The predicted octanol–water partition coefficient (Wildman–Crippen LogP) is 1.63. The largest absolute Gasteiger partial charge is 0.337 e. The molecule has 2 rings (SSSR count). The molecule has 1 heterocycles. The quantitative estimate of drug-likeness (QED) is 0.747. The van der Waals surface area contributed by atoms with Crippen LogP contribution in [0.2, 0.25) is 0 Å². The first-order valence-corrected chi connectivity index (χ1v) is 7.09. The Labute approximate surface area is 110 Å². The monoisotopic (exact) mass is 250 g/mol. The maximum atomic E-state index is 4.40. The first kappa shape index (κ1) is 13.6. The van der Waals surface area contributed by atoms with E-state index < -0.39 is 0 Å². The Morgan fingerprint density at radius 2 is 2.33 bits per heavy atom. The van der Waals surface area contributed by atoms with Gasteiger partial charge in [-0.15, -0.1) is 0 Å². The van der Waals surface area contributed by atoms with E-state index >= 15 is 0 Å². The normalized spacial score (nSPS) is 23.3. The first-order valence-electron chi connectivity index (χ1n) is 7.09. The van der Waals surface area contributed by atoms with Gasteiger partial charge in [0.15, 0.2) is 0 Å². The molecule has 0 bridgehead atoms. The molecule has 1 aliphatic rings. The second-order valence-corrected chi connectivity index (χ2v) is 5.48. The Balaban J connectivity index is 1.79. The van der Waals surface area contributed by atoms with Crippen LogP contribution in [-0.2, 0) is 13.6 Å². The predicted molar refractivity (Wildman–Crippen MR) is 74.3 cm³/mol. The fraction of sp³-hybridized carbons (Fsp3) is 0.786. The van der Waals surface area contributed by atoms with Crippen LogP contribution in [0.15, 0.2) is 12.4 Å². The van der Waals surface area contributed by atoms with Crippen LogP contribution >= 0.6 is 0 Å². The van der Waals surface area contributed by atoms with E-state index in [4.69, 9.17) is 0 Å². The Morgan fingerprint density at radius 3 is 2.89 bits per heavy atom. The number of aryl methyl sites for hydroxylation is 1. The third-order valence-corrected chi connectivity index (χ3v) is 4.09. The third kappa shape index (κ3) is 3.12. The first-order chi connectivity index (χ1) is 8.72. The molecule has 0 aliphatic heterocycles. The average molecular weight is 250 g/mol. The fourth-order valence-electron chi connectivity index (χ4n) is 2.72. The number of hydrogen-bond donors (Lipinski definition) is 1.